The van der Waals surface area contributed by atoms with Crippen LogP contribution in [0, 0.1) is 5.21 Å². The summed E-state index contributed by atoms with van der Waals surface area (Å²) in [4.78, 5) is 11.7. The van der Waals surface area contributed by atoms with Gasteiger partial charge in [0.05, 0.1) is 12.3 Å². The predicted octanol–water partition coefficient (Wildman–Crippen LogP) is 0.564. The van der Waals surface area contributed by atoms with E-state index in [0.717, 1.165) is 0 Å². The standard InChI is InChI=1S/C12H17N2O5/c1-3-19-12(16)10(13-2)11(15)8-6-4-5-7-9(8)14(17)18/h4-7,10-11,13,15,17H,3H2,1-2H3/q-1. The number of benzene rings is 1. The number of hydrogen-bond acceptors (Lipinski definition) is 7. The highest BCUT2D eigenvalue weighted by molar-refractivity contribution is 5.77. The van der Waals surface area contributed by atoms with Gasteiger partial charge in [-0.15, -0.1) is 0 Å². The van der Waals surface area contributed by atoms with Crippen LogP contribution in [0.4, 0.5) is 5.69 Å². The van der Waals surface area contributed by atoms with Crippen molar-refractivity contribution in [3.8, 4) is 0 Å². The van der Waals surface area contributed by atoms with E-state index in [-0.39, 0.29) is 23.1 Å². The Kier molecular flexibility index (Phi) is 5.71. The zero-order valence-corrected chi connectivity index (χ0v) is 10.7. The van der Waals surface area contributed by atoms with Gasteiger partial charge in [-0.25, -0.2) is 0 Å². The summed E-state index contributed by atoms with van der Waals surface area (Å²) >= 11 is 0. The molecule has 0 saturated carbocycles. The smallest absolute Gasteiger partial charge is 0.326 e. The molecule has 0 amide bonds. The van der Waals surface area contributed by atoms with Crippen molar-refractivity contribution in [1.29, 1.82) is 0 Å². The number of aliphatic hydroxyl groups excluding tert-OH is 1. The molecule has 7 nitrogen and oxygen atoms in total. The molecule has 3 N–H and O–H groups in total. The summed E-state index contributed by atoms with van der Waals surface area (Å²) in [6.07, 6.45) is -1.32. The highest BCUT2D eigenvalue weighted by Gasteiger charge is 2.29. The number of nitrogens with one attached hydrogen (secondary N) is 1. The largest absolute Gasteiger partial charge is 0.733 e. The number of anilines is 1. The molecule has 1 aromatic carbocycles. The maximum atomic E-state index is 11.7. The maximum Gasteiger partial charge on any atom is 0.326 e. The van der Waals surface area contributed by atoms with Gasteiger partial charge in [-0.2, -0.15) is 0 Å². The van der Waals surface area contributed by atoms with Gasteiger partial charge in [0.1, 0.15) is 12.1 Å². The SMILES string of the molecule is CCOC(=O)C(NC)C(O)c1ccccc1N([O-])O. The van der Waals surface area contributed by atoms with Crippen LogP contribution in [0.25, 0.3) is 0 Å². The van der Waals surface area contributed by atoms with Crippen LogP contribution in [0.3, 0.4) is 0 Å². The molecule has 1 rings (SSSR count). The molecule has 1 aromatic rings. The van der Waals surface area contributed by atoms with E-state index in [1.54, 1.807) is 13.0 Å². The van der Waals surface area contributed by atoms with Gasteiger partial charge in [0, 0.05) is 5.56 Å². The number of aliphatic hydroxyl groups is 1. The summed E-state index contributed by atoms with van der Waals surface area (Å²) in [7, 11) is 1.49. The van der Waals surface area contributed by atoms with Gasteiger partial charge in [-0.1, -0.05) is 18.2 Å². The van der Waals surface area contributed by atoms with Gasteiger partial charge in [0.25, 0.3) is 0 Å². The Morgan fingerprint density at radius 1 is 1.53 bits per heavy atom. The summed E-state index contributed by atoms with van der Waals surface area (Å²) in [5.74, 6) is -0.636. The number of ether oxygens (including phenoxy) is 1. The van der Waals surface area contributed by atoms with E-state index in [4.69, 9.17) is 9.94 Å². The molecule has 0 bridgehead atoms. The Morgan fingerprint density at radius 3 is 2.68 bits per heavy atom. The van der Waals surface area contributed by atoms with E-state index in [9.17, 15) is 15.1 Å². The van der Waals surface area contributed by atoms with Crippen molar-refractivity contribution in [2.24, 2.45) is 0 Å². The minimum absolute atomic E-state index is 0.125. The highest BCUT2D eigenvalue weighted by Crippen LogP contribution is 2.27. The molecule has 19 heavy (non-hydrogen) atoms. The van der Waals surface area contributed by atoms with E-state index in [1.807, 2.05) is 0 Å². The number of rotatable bonds is 6. The highest BCUT2D eigenvalue weighted by atomic mass is 16.8. The second kappa shape index (κ2) is 7.05. The average Bonchev–Trinajstić information content (AvgIpc) is 2.39. The molecule has 0 aliphatic rings. The molecule has 0 spiro atoms. The molecule has 106 valence electrons. The van der Waals surface area contributed by atoms with Crippen molar-refractivity contribution >= 4 is 11.7 Å². The van der Waals surface area contributed by atoms with Gasteiger partial charge in [-0.05, 0) is 20.0 Å². The van der Waals surface area contributed by atoms with Crippen molar-refractivity contribution in [2.75, 3.05) is 18.9 Å². The summed E-state index contributed by atoms with van der Waals surface area (Å²) in [5.41, 5.74) is 0.00644. The first-order valence-electron chi connectivity index (χ1n) is 5.80. The quantitative estimate of drug-likeness (QED) is 0.512. The lowest BCUT2D eigenvalue weighted by Crippen LogP contribution is -2.41. The van der Waals surface area contributed by atoms with Crippen LogP contribution >= 0.6 is 0 Å². The molecule has 2 atom stereocenters. The second-order valence-electron chi connectivity index (χ2n) is 3.79. The summed E-state index contributed by atoms with van der Waals surface area (Å²) in [5, 5.41) is 32.4. The van der Waals surface area contributed by atoms with E-state index >= 15 is 0 Å². The lowest BCUT2D eigenvalue weighted by atomic mass is 10.0. The zero-order chi connectivity index (χ0) is 14.4. The monoisotopic (exact) mass is 269 g/mol. The first-order chi connectivity index (χ1) is 9.02. The molecule has 0 saturated heterocycles. The van der Waals surface area contributed by atoms with Crippen LogP contribution in [0.2, 0.25) is 0 Å². The molecule has 7 heteroatoms. The Bertz CT molecular complexity index is 424. The van der Waals surface area contributed by atoms with Crippen molar-refractivity contribution in [2.45, 2.75) is 19.1 Å². The van der Waals surface area contributed by atoms with Crippen LogP contribution in [0.5, 0.6) is 0 Å². The van der Waals surface area contributed by atoms with Crippen LogP contribution in [-0.4, -0.2) is 36.0 Å². The second-order valence-corrected chi connectivity index (χ2v) is 3.79. The summed E-state index contributed by atoms with van der Waals surface area (Å²) in [6, 6.07) is 4.88. The molecule has 0 fully saturated rings. The lowest BCUT2D eigenvalue weighted by molar-refractivity contribution is -0.148. The van der Waals surface area contributed by atoms with Crippen molar-refractivity contribution in [3.63, 3.8) is 0 Å². The van der Waals surface area contributed by atoms with Gasteiger partial charge in [-0.3, -0.25) is 10.0 Å². The van der Waals surface area contributed by atoms with Gasteiger partial charge < -0.3 is 25.6 Å². The van der Waals surface area contributed by atoms with Crippen LogP contribution in [-0.2, 0) is 9.53 Å². The number of esters is 1. The minimum atomic E-state index is -1.32. The van der Waals surface area contributed by atoms with Crippen molar-refractivity contribution in [1.82, 2.24) is 5.32 Å². The summed E-state index contributed by atoms with van der Waals surface area (Å²) < 4.78 is 4.82. The van der Waals surface area contributed by atoms with Gasteiger partial charge in [0.15, 0.2) is 0 Å². The Balaban J connectivity index is 3.03. The number of nitrogens with zero attached hydrogens (tertiary/aromatic N) is 1. The van der Waals surface area contributed by atoms with Crippen LogP contribution in [0.15, 0.2) is 24.3 Å². The fraction of sp³-hybridized carbons (Fsp3) is 0.417. The molecular weight excluding hydrogens is 252 g/mol. The average molecular weight is 269 g/mol. The molecule has 2 unspecified atom stereocenters. The van der Waals surface area contributed by atoms with E-state index in [1.165, 1.54) is 25.2 Å². The first kappa shape index (κ1) is 15.4. The van der Waals surface area contributed by atoms with E-state index in [0.29, 0.717) is 0 Å². The molecular formula is C12H17N2O5-. The van der Waals surface area contributed by atoms with Gasteiger partial charge in [0.2, 0.25) is 0 Å². The topological polar surface area (TPSA) is 105 Å². The third-order valence-corrected chi connectivity index (χ3v) is 2.63. The number of carbonyl (C=O) groups is 1. The molecule has 0 heterocycles. The predicted molar refractivity (Wildman–Crippen MR) is 68.5 cm³/mol. The molecule has 0 aliphatic heterocycles. The van der Waals surface area contributed by atoms with Crippen LogP contribution < -0.4 is 10.5 Å². The minimum Gasteiger partial charge on any atom is -0.733 e. The molecule has 0 radical (unpaired) electrons. The number of likely N-dealkylation sites (N-methyl/N-ethyl adjacent to an activating group) is 1. The van der Waals surface area contributed by atoms with Crippen molar-refractivity contribution in [3.05, 3.63) is 35.0 Å². The first-order valence-corrected chi connectivity index (χ1v) is 5.80. The number of para-hydroxylation sites is 1. The molecule has 0 aromatic heterocycles. The number of hydrogen-bond donors (Lipinski definition) is 3. The van der Waals surface area contributed by atoms with Crippen LogP contribution in [0.1, 0.15) is 18.6 Å². The third kappa shape index (κ3) is 3.65. The van der Waals surface area contributed by atoms with Gasteiger partial charge >= 0.3 is 5.97 Å². The van der Waals surface area contributed by atoms with Crippen molar-refractivity contribution < 1.29 is 19.8 Å². The Hall–Kier alpha value is -1.67. The van der Waals surface area contributed by atoms with E-state index in [2.05, 4.69) is 5.32 Å². The molecule has 0 aliphatic carbocycles. The fourth-order valence-corrected chi connectivity index (χ4v) is 1.73. The fourth-order valence-electron chi connectivity index (χ4n) is 1.73. The normalized spacial score (nSPS) is 13.7. The Morgan fingerprint density at radius 2 is 2.16 bits per heavy atom. The zero-order valence-electron chi connectivity index (χ0n) is 10.7. The maximum absolute atomic E-state index is 11.7. The lowest BCUT2D eigenvalue weighted by Gasteiger charge is -2.28. The number of carbonyl (C=O) groups excluding carboxylic acids is 1. The Labute approximate surface area is 110 Å². The third-order valence-electron chi connectivity index (χ3n) is 2.63. The van der Waals surface area contributed by atoms with E-state index < -0.39 is 18.1 Å². The summed E-state index contributed by atoms with van der Waals surface area (Å²) in [6.45, 7) is 1.83.